The van der Waals surface area contributed by atoms with E-state index in [0.29, 0.717) is 0 Å². The van der Waals surface area contributed by atoms with E-state index in [1.54, 1.807) is 34.0 Å². The van der Waals surface area contributed by atoms with Gasteiger partial charge in [0.2, 0.25) is 0 Å². The Labute approximate surface area is 654 Å². The van der Waals surface area contributed by atoms with Gasteiger partial charge in [0.15, 0.2) is 0 Å². The Morgan fingerprint density at radius 3 is 0.468 bits per heavy atom. The summed E-state index contributed by atoms with van der Waals surface area (Å²) >= 11 is 8.99. The van der Waals surface area contributed by atoms with Gasteiger partial charge in [-0.05, 0) is 220 Å². The maximum atomic E-state index is 5.68. The van der Waals surface area contributed by atoms with Crippen LogP contribution >= 0.6 is 56.7 Å². The fourth-order valence-electron chi connectivity index (χ4n) is 14.8. The first-order valence-corrected chi connectivity index (χ1v) is 40.7. The van der Waals surface area contributed by atoms with Crippen LogP contribution in [-0.4, -0.2) is 19.9 Å². The lowest BCUT2D eigenvalue weighted by atomic mass is 10.0. The Bertz CT molecular complexity index is 6780. The third-order valence-electron chi connectivity index (χ3n) is 20.6. The van der Waals surface area contributed by atoms with Gasteiger partial charge in [0.05, 0.1) is 45.6 Å². The number of benzene rings is 8. The summed E-state index contributed by atoms with van der Waals surface area (Å²) in [5.41, 5.74) is 34.0. The summed E-state index contributed by atoms with van der Waals surface area (Å²) in [4.78, 5) is 22.5. The van der Waals surface area contributed by atoms with E-state index in [2.05, 4.69) is 357 Å². The van der Waals surface area contributed by atoms with Crippen LogP contribution < -0.4 is 0 Å². The Balaban J connectivity index is 0.752. The Morgan fingerprint density at radius 2 is 0.303 bits per heavy atom. The van der Waals surface area contributed by atoms with Gasteiger partial charge in [-0.25, -0.2) is 19.9 Å². The normalized spacial score (nSPS) is 12.1. The molecule has 8 aromatic carbocycles. The molecular formula is C100H68N4S5. The van der Waals surface area contributed by atoms with Crippen LogP contribution in [0.15, 0.2) is 255 Å². The van der Waals surface area contributed by atoms with E-state index < -0.39 is 0 Å². The molecule has 0 saturated carbocycles. The van der Waals surface area contributed by atoms with Crippen molar-refractivity contribution in [2.75, 3.05) is 0 Å². The van der Waals surface area contributed by atoms with E-state index in [1.165, 1.54) is 47.5 Å². The van der Waals surface area contributed by atoms with Gasteiger partial charge in [-0.1, -0.05) is 215 Å². The van der Waals surface area contributed by atoms with Gasteiger partial charge in [-0.3, -0.25) is 0 Å². The van der Waals surface area contributed by atoms with Gasteiger partial charge >= 0.3 is 0 Å². The summed E-state index contributed by atoms with van der Waals surface area (Å²) in [7, 11) is 0. The monoisotopic (exact) mass is 1480 g/mol. The van der Waals surface area contributed by atoms with E-state index in [-0.39, 0.29) is 0 Å². The number of nitrogens with zero attached hydrogens (tertiary/aromatic N) is 4. The molecule has 4 aliphatic rings. The first-order chi connectivity index (χ1) is 53.4. The average molecular weight is 1490 g/mol. The molecule has 11 heterocycles. The molecule has 18 bridgehead atoms. The van der Waals surface area contributed by atoms with E-state index in [0.717, 1.165) is 179 Å². The molecule has 0 fully saturated rings. The number of thiophene rings is 5. The molecule has 0 amide bonds. The molecule has 4 nitrogen and oxygen atoms in total. The Hall–Kier alpha value is -12.1. The second kappa shape index (κ2) is 28.2. The molecule has 109 heavy (non-hydrogen) atoms. The molecule has 7 aromatic heterocycles. The summed E-state index contributed by atoms with van der Waals surface area (Å²) in [5.74, 6) is 7.15. The Morgan fingerprint density at radius 1 is 0.165 bits per heavy atom. The van der Waals surface area contributed by atoms with Gasteiger partial charge in [-0.2, -0.15) is 0 Å². The summed E-state index contributed by atoms with van der Waals surface area (Å²) in [6.45, 7) is 12.9. The minimum Gasteiger partial charge on any atom is -0.248 e. The van der Waals surface area contributed by atoms with Crippen molar-refractivity contribution < 1.29 is 0 Å². The lowest BCUT2D eigenvalue weighted by Crippen LogP contribution is -1.87. The molecule has 9 heteroatoms. The van der Waals surface area contributed by atoms with Gasteiger partial charge in [-0.15, -0.1) is 56.7 Å². The maximum Gasteiger partial charge on any atom is 0.0730 e. The quantitative estimate of drug-likeness (QED) is 0.142. The number of fused-ring (bicyclic) bond motifs is 19. The van der Waals surface area contributed by atoms with Crippen molar-refractivity contribution in [1.29, 1.82) is 0 Å². The summed E-state index contributed by atoms with van der Waals surface area (Å²) < 4.78 is 11.5. The first kappa shape index (κ1) is 67.5. The lowest BCUT2D eigenvalue weighted by Gasteiger charge is -2.07. The van der Waals surface area contributed by atoms with Crippen LogP contribution in [0.4, 0.5) is 0 Å². The zero-order valence-corrected chi connectivity index (χ0v) is 64.8. The maximum absolute atomic E-state index is 5.68. The highest BCUT2D eigenvalue weighted by Gasteiger charge is 2.23. The zero-order chi connectivity index (χ0) is 73.4. The highest BCUT2D eigenvalue weighted by atomic mass is 32.1. The van der Waals surface area contributed by atoms with Crippen LogP contribution in [0.25, 0.3) is 185 Å². The molecule has 0 saturated heterocycles. The van der Waals surface area contributed by atoms with Crippen molar-refractivity contribution in [2.45, 2.75) is 41.5 Å². The van der Waals surface area contributed by atoms with Crippen molar-refractivity contribution >= 4 is 152 Å². The molecule has 518 valence electrons. The summed E-state index contributed by atoms with van der Waals surface area (Å²) in [6.07, 6.45) is 17.6. The van der Waals surface area contributed by atoms with E-state index in [9.17, 15) is 0 Å². The number of hydrogen-bond acceptors (Lipinski definition) is 9. The van der Waals surface area contributed by atoms with Crippen molar-refractivity contribution in [3.05, 3.63) is 345 Å². The third kappa shape index (κ3) is 13.1. The SMILES string of the molecule is Cc1ccc(-c2c3nc(c(-c4ccc(C)cc4)c4ccc(s4)c(-c4ccc(C#Cc5ccc(-c6c7nc(c(-c8ccc(C)cc8)c8ccc(s8)c8ccc(s8)c(-c8ccc(C)cc8)c8nc(c(-c9ccc(C)cc9)c9ccc6s9)C=C8)C=C7)cc5)cc4)c4nc(c(-c5ccc(C)cc5)c5ccc2s5)C=C4)C=C3)cc1. The van der Waals surface area contributed by atoms with Crippen LogP contribution in [0.1, 0.15) is 90.1 Å². The van der Waals surface area contributed by atoms with Crippen LogP contribution in [0.3, 0.4) is 0 Å². The van der Waals surface area contributed by atoms with Crippen LogP contribution in [0.2, 0.25) is 0 Å². The molecular weight excluding hydrogens is 1420 g/mol. The van der Waals surface area contributed by atoms with Crippen LogP contribution in [-0.2, 0) is 0 Å². The number of aryl methyl sites for hydroxylation is 6. The number of rotatable bonds is 8. The van der Waals surface area contributed by atoms with Crippen LogP contribution in [0.5, 0.6) is 0 Å². The Kier molecular flexibility index (Phi) is 17.5. The number of aromatic nitrogens is 4. The average Bonchev–Trinajstić information content (AvgIpc) is 1.61. The minimum absolute atomic E-state index is 0.899. The third-order valence-corrected chi connectivity index (χ3v) is 26.4. The van der Waals surface area contributed by atoms with Crippen molar-refractivity contribution in [1.82, 2.24) is 19.9 Å². The molecule has 15 aromatic rings. The van der Waals surface area contributed by atoms with Crippen LogP contribution in [0, 0.1) is 53.4 Å². The van der Waals surface area contributed by atoms with E-state index in [1.807, 2.05) is 22.7 Å². The van der Waals surface area contributed by atoms with E-state index >= 15 is 0 Å². The van der Waals surface area contributed by atoms with E-state index in [4.69, 9.17) is 19.9 Å². The zero-order valence-electron chi connectivity index (χ0n) is 60.7. The molecule has 0 aliphatic carbocycles. The fourth-order valence-corrected chi connectivity index (χ4v) is 20.6. The highest BCUT2D eigenvalue weighted by molar-refractivity contribution is 7.31. The topological polar surface area (TPSA) is 51.6 Å². The predicted octanol–water partition coefficient (Wildman–Crippen LogP) is 28.9. The van der Waals surface area contributed by atoms with Crippen molar-refractivity contribution in [2.24, 2.45) is 0 Å². The summed E-state index contributed by atoms with van der Waals surface area (Å²) in [5, 5.41) is 0. The molecule has 0 atom stereocenters. The number of hydrogen-bond donors (Lipinski definition) is 0. The van der Waals surface area contributed by atoms with Gasteiger partial charge in [0.25, 0.3) is 0 Å². The molecule has 0 radical (unpaired) electrons. The smallest absolute Gasteiger partial charge is 0.0730 e. The van der Waals surface area contributed by atoms with Crippen molar-refractivity contribution in [3.8, 4) is 101 Å². The van der Waals surface area contributed by atoms with Gasteiger partial charge < -0.3 is 0 Å². The fraction of sp³-hybridized carbons (Fsp3) is 0.0600. The van der Waals surface area contributed by atoms with Gasteiger partial charge in [0, 0.05) is 103 Å². The molecule has 0 unspecified atom stereocenters. The van der Waals surface area contributed by atoms with Crippen molar-refractivity contribution in [3.63, 3.8) is 0 Å². The lowest BCUT2D eigenvalue weighted by molar-refractivity contribution is 1.33. The minimum atomic E-state index is 0.899. The standard InChI is InChI=1S/C100H68N4S5/c1-59-7-25-67(26-8-59)93-75-41-43-77(101-75)95(69-29-11-61(3)12-30-69)89-55-57-91(108-89)99(81-47-42-76(102-81)94(68-27-9-60(2)10-28-68)86-52-50-84(106-86)83-49-51-85(93)105-83)73-37-21-65(22-38-73)19-20-66-23-39-74(40-24-66)100-82-48-46-80(104-82)98(72-35-17-64(6)18-36-72)88-54-53-87(107-88)96(70-31-13-62(4)14-32-70)78-44-45-79(103-78)97(90-56-58-92(100)109-90)71-33-15-63(5)16-34-71/h7-18,21-58H,1-6H3. The molecule has 0 spiro atoms. The summed E-state index contributed by atoms with van der Waals surface area (Å²) in [6, 6.07) is 93.4. The van der Waals surface area contributed by atoms with Gasteiger partial charge in [0.1, 0.15) is 0 Å². The second-order valence-corrected chi connectivity index (χ2v) is 33.7. The second-order valence-electron chi connectivity index (χ2n) is 28.3. The molecule has 4 aliphatic heterocycles. The molecule has 19 rings (SSSR count). The predicted molar refractivity (Wildman–Crippen MR) is 474 cm³/mol. The largest absolute Gasteiger partial charge is 0.248 e. The first-order valence-electron chi connectivity index (χ1n) is 36.6. The molecule has 0 N–H and O–H groups in total. The highest BCUT2D eigenvalue weighted by Crippen LogP contribution is 2.47.